The van der Waals surface area contributed by atoms with Crippen LogP contribution in [0.3, 0.4) is 0 Å². The summed E-state index contributed by atoms with van der Waals surface area (Å²) in [5.74, 6) is -1.52. The first kappa shape index (κ1) is 22.6. The Balaban J connectivity index is 2.01. The fraction of sp³-hybridized carbons (Fsp3) is 0.143. The third-order valence-corrected chi connectivity index (χ3v) is 5.56. The number of thiophene rings is 1. The summed E-state index contributed by atoms with van der Waals surface area (Å²) in [5, 5.41) is 26.5. The lowest BCUT2D eigenvalue weighted by molar-refractivity contribution is -0.394. The molecule has 3 rings (SSSR count). The van der Waals surface area contributed by atoms with Crippen LogP contribution >= 0.6 is 11.3 Å². The Morgan fingerprint density at radius 2 is 1.62 bits per heavy atom. The molecular weight excluding hydrogens is 438 g/mol. The number of carbonyl (C=O) groups is 2. The van der Waals surface area contributed by atoms with Gasteiger partial charge in [-0.15, -0.1) is 11.3 Å². The number of hydrogen-bond donors (Lipinski definition) is 1. The second-order valence-corrected chi connectivity index (χ2v) is 7.48. The number of ether oxygens (including phenoxy) is 1. The van der Waals surface area contributed by atoms with Gasteiger partial charge in [-0.3, -0.25) is 25.0 Å². The van der Waals surface area contributed by atoms with E-state index in [2.05, 4.69) is 5.32 Å². The maximum absolute atomic E-state index is 12.8. The lowest BCUT2D eigenvalue weighted by Gasteiger charge is -2.08. The monoisotopic (exact) mass is 455 g/mol. The molecule has 10 nitrogen and oxygen atoms in total. The van der Waals surface area contributed by atoms with Crippen LogP contribution < -0.4 is 5.32 Å². The van der Waals surface area contributed by atoms with Crippen molar-refractivity contribution in [2.24, 2.45) is 0 Å². The summed E-state index contributed by atoms with van der Waals surface area (Å²) >= 11 is 1.07. The van der Waals surface area contributed by atoms with E-state index in [0.717, 1.165) is 47.1 Å². The molecule has 0 radical (unpaired) electrons. The number of nitrogens with zero attached hydrogens (tertiary/aromatic N) is 2. The van der Waals surface area contributed by atoms with Gasteiger partial charge in [0.2, 0.25) is 0 Å². The maximum Gasteiger partial charge on any atom is 0.341 e. The van der Waals surface area contributed by atoms with Crippen molar-refractivity contribution >= 4 is 39.6 Å². The van der Waals surface area contributed by atoms with E-state index in [1.807, 2.05) is 31.2 Å². The molecule has 0 aliphatic heterocycles. The number of amides is 1. The topological polar surface area (TPSA) is 142 Å². The molecule has 2 aromatic carbocycles. The summed E-state index contributed by atoms with van der Waals surface area (Å²) < 4.78 is 4.87. The van der Waals surface area contributed by atoms with Crippen LogP contribution in [-0.2, 0) is 11.2 Å². The number of aryl methyl sites for hydroxylation is 1. The van der Waals surface area contributed by atoms with Crippen molar-refractivity contribution in [3.63, 3.8) is 0 Å². The van der Waals surface area contributed by atoms with Gasteiger partial charge in [-0.2, -0.15) is 0 Å². The number of hydrogen-bond acceptors (Lipinski definition) is 8. The zero-order chi connectivity index (χ0) is 23.4. The predicted octanol–water partition coefficient (Wildman–Crippen LogP) is 4.83. The Morgan fingerprint density at radius 1 is 1.03 bits per heavy atom. The molecule has 3 aromatic rings. The minimum atomic E-state index is -0.836. The van der Waals surface area contributed by atoms with Crippen molar-refractivity contribution in [2.45, 2.75) is 13.3 Å². The van der Waals surface area contributed by atoms with Crippen LogP contribution in [0.5, 0.6) is 0 Å². The van der Waals surface area contributed by atoms with E-state index in [1.165, 1.54) is 7.11 Å². The third kappa shape index (κ3) is 4.62. The molecule has 32 heavy (non-hydrogen) atoms. The summed E-state index contributed by atoms with van der Waals surface area (Å²) in [6.45, 7) is 2.02. The van der Waals surface area contributed by atoms with Gasteiger partial charge in [0.05, 0.1) is 28.6 Å². The standard InChI is InChI=1S/C21H17N3O7S/c1-3-12-4-6-13(7-5-12)17-11-32-20(18(17)21(26)31-2)22-19(25)14-8-15(23(27)28)10-16(9-14)24(29)30/h4-11H,3H2,1-2H3,(H,22,25). The van der Waals surface area contributed by atoms with Crippen molar-refractivity contribution in [1.82, 2.24) is 0 Å². The second-order valence-electron chi connectivity index (χ2n) is 6.60. The van der Waals surface area contributed by atoms with Gasteiger partial charge in [0.15, 0.2) is 0 Å². The molecule has 1 aromatic heterocycles. The molecule has 1 N–H and O–H groups in total. The lowest BCUT2D eigenvalue weighted by atomic mass is 10.0. The Hall–Kier alpha value is -4.12. The Labute approximate surface area is 185 Å². The van der Waals surface area contributed by atoms with Crippen molar-refractivity contribution in [2.75, 3.05) is 12.4 Å². The highest BCUT2D eigenvalue weighted by atomic mass is 32.1. The van der Waals surface area contributed by atoms with E-state index in [0.29, 0.717) is 5.56 Å². The molecule has 0 spiro atoms. The fourth-order valence-electron chi connectivity index (χ4n) is 3.00. The van der Waals surface area contributed by atoms with Gasteiger partial charge in [0, 0.05) is 23.1 Å². The first-order chi connectivity index (χ1) is 15.2. The Bertz CT molecular complexity index is 1190. The van der Waals surface area contributed by atoms with E-state index < -0.39 is 33.1 Å². The molecule has 0 bridgehead atoms. The quantitative estimate of drug-likeness (QED) is 0.305. The number of non-ortho nitro benzene ring substituents is 2. The highest BCUT2D eigenvalue weighted by molar-refractivity contribution is 7.15. The van der Waals surface area contributed by atoms with E-state index in [4.69, 9.17) is 4.74 Å². The lowest BCUT2D eigenvalue weighted by Crippen LogP contribution is -2.14. The van der Waals surface area contributed by atoms with Gasteiger partial charge < -0.3 is 10.1 Å². The van der Waals surface area contributed by atoms with E-state index in [-0.39, 0.29) is 16.1 Å². The first-order valence-corrected chi connectivity index (χ1v) is 10.2. The maximum atomic E-state index is 12.8. The summed E-state index contributed by atoms with van der Waals surface area (Å²) in [6, 6.07) is 10.2. The molecule has 0 atom stereocenters. The molecule has 11 heteroatoms. The largest absolute Gasteiger partial charge is 0.465 e. The summed E-state index contributed by atoms with van der Waals surface area (Å²) in [6.07, 6.45) is 0.852. The SMILES string of the molecule is CCc1ccc(-c2csc(NC(=O)c3cc([N+](=O)[O-])cc([N+](=O)[O-])c3)c2C(=O)OC)cc1. The number of nitro benzene ring substituents is 2. The smallest absolute Gasteiger partial charge is 0.341 e. The van der Waals surface area contributed by atoms with E-state index in [9.17, 15) is 29.8 Å². The van der Waals surface area contributed by atoms with Gasteiger partial charge in [-0.1, -0.05) is 31.2 Å². The van der Waals surface area contributed by atoms with E-state index >= 15 is 0 Å². The van der Waals surface area contributed by atoms with Gasteiger partial charge >= 0.3 is 5.97 Å². The van der Waals surface area contributed by atoms with E-state index in [1.54, 1.807) is 5.38 Å². The normalized spacial score (nSPS) is 10.4. The van der Waals surface area contributed by atoms with Crippen molar-refractivity contribution in [3.05, 3.63) is 84.8 Å². The van der Waals surface area contributed by atoms with Crippen LogP contribution in [-0.4, -0.2) is 28.8 Å². The van der Waals surface area contributed by atoms with Crippen LogP contribution in [0, 0.1) is 20.2 Å². The van der Waals surface area contributed by atoms with Crippen molar-refractivity contribution in [3.8, 4) is 11.1 Å². The molecule has 0 aliphatic rings. The van der Waals surface area contributed by atoms with Crippen LogP contribution in [0.4, 0.5) is 16.4 Å². The third-order valence-electron chi connectivity index (χ3n) is 4.67. The molecule has 0 aliphatic carbocycles. The minimum Gasteiger partial charge on any atom is -0.465 e. The summed E-state index contributed by atoms with van der Waals surface area (Å²) in [5.41, 5.74) is 1.04. The molecule has 0 saturated heterocycles. The van der Waals surface area contributed by atoms with Crippen LogP contribution in [0.25, 0.3) is 11.1 Å². The molecule has 0 unspecified atom stereocenters. The highest BCUT2D eigenvalue weighted by Crippen LogP contribution is 2.37. The molecule has 164 valence electrons. The molecule has 0 fully saturated rings. The number of rotatable bonds is 7. The number of esters is 1. The van der Waals surface area contributed by atoms with Crippen LogP contribution in [0.15, 0.2) is 47.8 Å². The number of carbonyl (C=O) groups excluding carboxylic acids is 2. The molecule has 0 saturated carbocycles. The number of methoxy groups -OCH3 is 1. The van der Waals surface area contributed by atoms with Gasteiger partial charge in [0.25, 0.3) is 17.3 Å². The fourth-order valence-corrected chi connectivity index (χ4v) is 3.95. The Morgan fingerprint density at radius 3 is 2.12 bits per heavy atom. The molecule has 1 heterocycles. The zero-order valence-electron chi connectivity index (χ0n) is 17.0. The number of benzene rings is 2. The van der Waals surface area contributed by atoms with Crippen LogP contribution in [0.1, 0.15) is 33.2 Å². The Kier molecular flexibility index (Phi) is 6.59. The average Bonchev–Trinajstić information content (AvgIpc) is 3.21. The average molecular weight is 455 g/mol. The van der Waals surface area contributed by atoms with Gasteiger partial charge in [-0.25, -0.2) is 4.79 Å². The van der Waals surface area contributed by atoms with Crippen LogP contribution in [0.2, 0.25) is 0 Å². The summed E-state index contributed by atoms with van der Waals surface area (Å²) in [4.78, 5) is 45.8. The van der Waals surface area contributed by atoms with Gasteiger partial charge in [-0.05, 0) is 17.5 Å². The number of nitro groups is 2. The minimum absolute atomic E-state index is 0.120. The second kappa shape index (κ2) is 9.35. The number of anilines is 1. The summed E-state index contributed by atoms with van der Waals surface area (Å²) in [7, 11) is 1.21. The zero-order valence-corrected chi connectivity index (χ0v) is 17.8. The first-order valence-electron chi connectivity index (χ1n) is 9.29. The molecule has 1 amide bonds. The number of nitrogens with one attached hydrogen (secondary N) is 1. The molecular formula is C21H17N3O7S. The highest BCUT2D eigenvalue weighted by Gasteiger charge is 2.25. The van der Waals surface area contributed by atoms with Gasteiger partial charge in [0.1, 0.15) is 10.6 Å². The predicted molar refractivity (Wildman–Crippen MR) is 118 cm³/mol. The van der Waals surface area contributed by atoms with Crippen molar-refractivity contribution < 1.29 is 24.2 Å². The van der Waals surface area contributed by atoms with Crippen molar-refractivity contribution in [1.29, 1.82) is 0 Å².